The third-order valence-corrected chi connectivity index (χ3v) is 3.72. The number of ether oxygens (including phenoxy) is 1. The molecule has 0 N–H and O–H groups in total. The van der Waals surface area contributed by atoms with Crippen LogP contribution in [0.25, 0.3) is 0 Å². The summed E-state index contributed by atoms with van der Waals surface area (Å²) in [6, 6.07) is 0. The number of unbranched alkanes of at least 4 members (excludes halogenated alkanes) is 6. The van der Waals surface area contributed by atoms with Crippen LogP contribution in [0.1, 0.15) is 85.0 Å². The van der Waals surface area contributed by atoms with Crippen LogP contribution in [-0.4, -0.2) is 13.2 Å². The highest BCUT2D eigenvalue weighted by atomic mass is 16.5. The van der Waals surface area contributed by atoms with Crippen LogP contribution in [0.5, 0.6) is 0 Å². The summed E-state index contributed by atoms with van der Waals surface area (Å²) in [5.74, 6) is 0.879. The van der Waals surface area contributed by atoms with Gasteiger partial charge in [0.1, 0.15) is 0 Å². The van der Waals surface area contributed by atoms with Gasteiger partial charge in [0.05, 0.1) is 0 Å². The molecule has 0 atom stereocenters. The second-order valence-corrected chi connectivity index (χ2v) is 5.20. The fraction of sp³-hybridized carbons (Fsp3) is 1.00. The van der Waals surface area contributed by atoms with Gasteiger partial charge in [-0.2, -0.15) is 0 Å². The molecular weight excluding hydrogens is 208 g/mol. The summed E-state index contributed by atoms with van der Waals surface area (Å²) in [4.78, 5) is 0. The monoisotopic (exact) mass is 242 g/mol. The smallest absolute Gasteiger partial charge is 0.0468 e. The zero-order valence-corrected chi connectivity index (χ0v) is 12.5. The fourth-order valence-corrected chi connectivity index (χ4v) is 2.21. The molecule has 0 aromatic rings. The van der Waals surface area contributed by atoms with E-state index in [1.54, 1.807) is 0 Å². The molecule has 104 valence electrons. The molecule has 0 heterocycles. The molecule has 0 amide bonds. The average Bonchev–Trinajstić information content (AvgIpc) is 2.36. The van der Waals surface area contributed by atoms with Gasteiger partial charge in [0.2, 0.25) is 0 Å². The summed E-state index contributed by atoms with van der Waals surface area (Å²) < 4.78 is 5.70. The Morgan fingerprint density at radius 1 is 0.706 bits per heavy atom. The lowest BCUT2D eigenvalue weighted by Crippen LogP contribution is -2.04. The van der Waals surface area contributed by atoms with E-state index in [4.69, 9.17) is 4.74 Å². The molecule has 17 heavy (non-hydrogen) atoms. The summed E-state index contributed by atoms with van der Waals surface area (Å²) in [5, 5.41) is 0. The van der Waals surface area contributed by atoms with Crippen molar-refractivity contribution in [3.63, 3.8) is 0 Å². The van der Waals surface area contributed by atoms with Gasteiger partial charge < -0.3 is 4.74 Å². The van der Waals surface area contributed by atoms with Gasteiger partial charge in [-0.1, -0.05) is 72.1 Å². The van der Waals surface area contributed by atoms with Crippen molar-refractivity contribution in [3.05, 3.63) is 0 Å². The van der Waals surface area contributed by atoms with E-state index in [-0.39, 0.29) is 0 Å². The molecule has 0 aliphatic carbocycles. The number of hydrogen-bond donors (Lipinski definition) is 0. The van der Waals surface area contributed by atoms with E-state index in [1.807, 2.05) is 0 Å². The lowest BCUT2D eigenvalue weighted by Gasteiger charge is -2.11. The third-order valence-electron chi connectivity index (χ3n) is 3.72. The lowest BCUT2D eigenvalue weighted by atomic mass is 10.0. The van der Waals surface area contributed by atoms with E-state index < -0.39 is 0 Å². The molecule has 0 radical (unpaired) electrons. The van der Waals surface area contributed by atoms with Crippen LogP contribution >= 0.6 is 0 Å². The molecule has 0 bridgehead atoms. The maximum absolute atomic E-state index is 5.70. The maximum Gasteiger partial charge on any atom is 0.0468 e. The molecule has 0 aliphatic heterocycles. The van der Waals surface area contributed by atoms with Crippen LogP contribution in [0, 0.1) is 5.92 Å². The van der Waals surface area contributed by atoms with Gasteiger partial charge in [-0.15, -0.1) is 0 Å². The Morgan fingerprint density at radius 2 is 1.29 bits per heavy atom. The predicted molar refractivity (Wildman–Crippen MR) is 77.5 cm³/mol. The summed E-state index contributed by atoms with van der Waals surface area (Å²) in [6.45, 7) is 8.79. The van der Waals surface area contributed by atoms with E-state index in [9.17, 15) is 0 Å². The van der Waals surface area contributed by atoms with Crippen LogP contribution < -0.4 is 0 Å². The van der Waals surface area contributed by atoms with Crippen molar-refractivity contribution >= 4 is 0 Å². The summed E-state index contributed by atoms with van der Waals surface area (Å²) in [6.07, 6.45) is 13.5. The van der Waals surface area contributed by atoms with Gasteiger partial charge in [-0.05, 0) is 18.8 Å². The van der Waals surface area contributed by atoms with E-state index in [2.05, 4.69) is 20.8 Å². The Morgan fingerprint density at radius 3 is 1.88 bits per heavy atom. The van der Waals surface area contributed by atoms with Crippen LogP contribution in [0.4, 0.5) is 0 Å². The van der Waals surface area contributed by atoms with Crippen molar-refractivity contribution in [1.82, 2.24) is 0 Å². The molecule has 1 nitrogen and oxygen atoms in total. The fourth-order valence-electron chi connectivity index (χ4n) is 2.21. The Labute approximate surface area is 109 Å². The predicted octanol–water partition coefficient (Wildman–Crippen LogP) is 5.58. The van der Waals surface area contributed by atoms with Crippen molar-refractivity contribution in [2.24, 2.45) is 5.92 Å². The normalized spacial score (nSPS) is 11.3. The first-order valence-electron chi connectivity index (χ1n) is 7.92. The third kappa shape index (κ3) is 12.2. The van der Waals surface area contributed by atoms with E-state index >= 15 is 0 Å². The minimum atomic E-state index is 0.879. The first kappa shape index (κ1) is 17.0. The van der Waals surface area contributed by atoms with Gasteiger partial charge in [0.15, 0.2) is 0 Å². The minimum Gasteiger partial charge on any atom is -0.381 e. The van der Waals surface area contributed by atoms with Crippen molar-refractivity contribution in [2.75, 3.05) is 13.2 Å². The minimum absolute atomic E-state index is 0.879. The first-order chi connectivity index (χ1) is 8.35. The van der Waals surface area contributed by atoms with E-state index in [0.717, 1.165) is 19.1 Å². The molecule has 0 fully saturated rings. The van der Waals surface area contributed by atoms with Gasteiger partial charge >= 0.3 is 0 Å². The molecule has 0 saturated carbocycles. The SMILES string of the molecule is CCCCCCCCCOCCC(CC)CC. The molecule has 0 aromatic carbocycles. The van der Waals surface area contributed by atoms with E-state index in [0.29, 0.717) is 0 Å². The molecule has 1 heteroatoms. The lowest BCUT2D eigenvalue weighted by molar-refractivity contribution is 0.115. The summed E-state index contributed by atoms with van der Waals surface area (Å²) >= 11 is 0. The van der Waals surface area contributed by atoms with Crippen molar-refractivity contribution in [1.29, 1.82) is 0 Å². The molecule has 0 saturated heterocycles. The highest BCUT2D eigenvalue weighted by molar-refractivity contribution is 4.53. The Hall–Kier alpha value is -0.0400. The quantitative estimate of drug-likeness (QED) is 0.383. The van der Waals surface area contributed by atoms with Crippen molar-refractivity contribution in [2.45, 2.75) is 85.0 Å². The summed E-state index contributed by atoms with van der Waals surface area (Å²) in [7, 11) is 0. The summed E-state index contributed by atoms with van der Waals surface area (Å²) in [5.41, 5.74) is 0. The van der Waals surface area contributed by atoms with Crippen LogP contribution in [-0.2, 0) is 4.74 Å². The van der Waals surface area contributed by atoms with Crippen LogP contribution in [0.3, 0.4) is 0 Å². The van der Waals surface area contributed by atoms with Gasteiger partial charge in [-0.25, -0.2) is 0 Å². The van der Waals surface area contributed by atoms with Gasteiger partial charge in [-0.3, -0.25) is 0 Å². The van der Waals surface area contributed by atoms with Crippen LogP contribution in [0.15, 0.2) is 0 Å². The van der Waals surface area contributed by atoms with Gasteiger partial charge in [0, 0.05) is 13.2 Å². The molecule has 0 rings (SSSR count). The second-order valence-electron chi connectivity index (χ2n) is 5.20. The zero-order chi connectivity index (χ0) is 12.8. The van der Waals surface area contributed by atoms with Crippen LogP contribution in [0.2, 0.25) is 0 Å². The van der Waals surface area contributed by atoms with Crippen molar-refractivity contribution in [3.8, 4) is 0 Å². The topological polar surface area (TPSA) is 9.23 Å². The molecular formula is C16H34O. The standard InChI is InChI=1S/C16H34O/c1-4-7-8-9-10-11-12-14-17-15-13-16(5-2)6-3/h16H,4-15H2,1-3H3. The maximum atomic E-state index is 5.70. The highest BCUT2D eigenvalue weighted by Crippen LogP contribution is 2.12. The Balaban J connectivity index is 3.03. The van der Waals surface area contributed by atoms with Gasteiger partial charge in [0.25, 0.3) is 0 Å². The molecule has 0 aromatic heterocycles. The average molecular weight is 242 g/mol. The Bertz CT molecular complexity index is 129. The molecule has 0 aliphatic rings. The highest BCUT2D eigenvalue weighted by Gasteiger charge is 2.02. The largest absolute Gasteiger partial charge is 0.381 e. The molecule has 0 spiro atoms. The number of hydrogen-bond acceptors (Lipinski definition) is 1. The number of rotatable bonds is 13. The zero-order valence-electron chi connectivity index (χ0n) is 12.5. The first-order valence-corrected chi connectivity index (χ1v) is 7.92. The second kappa shape index (κ2) is 14.0. The molecule has 0 unspecified atom stereocenters. The Kier molecular flexibility index (Phi) is 14.0. The van der Waals surface area contributed by atoms with Crippen molar-refractivity contribution < 1.29 is 4.74 Å². The van der Waals surface area contributed by atoms with E-state index in [1.165, 1.54) is 64.2 Å².